The van der Waals surface area contributed by atoms with Crippen molar-refractivity contribution in [3.05, 3.63) is 89.5 Å². The molecule has 1 unspecified atom stereocenters. The maximum absolute atomic E-state index is 13.6. The van der Waals surface area contributed by atoms with Crippen LogP contribution in [-0.2, 0) is 6.54 Å². The molecule has 5 aromatic rings. The van der Waals surface area contributed by atoms with E-state index in [0.717, 1.165) is 58.7 Å². The number of hydrogen-bond acceptors (Lipinski definition) is 4. The first-order valence-corrected chi connectivity index (χ1v) is 12.9. The molecule has 1 fully saturated rings. The normalized spacial score (nSPS) is 15.9. The largest absolute Gasteiger partial charge is 0.497 e. The molecular weight excluding hydrogens is 481 g/mol. The highest BCUT2D eigenvalue weighted by atomic mass is 19.1. The van der Waals surface area contributed by atoms with Gasteiger partial charge in [-0.25, -0.2) is 9.37 Å². The molecule has 1 atom stereocenters. The number of benzene rings is 2. The molecule has 7 nitrogen and oxygen atoms in total. The molecule has 6 rings (SSSR count). The van der Waals surface area contributed by atoms with Gasteiger partial charge in [-0.2, -0.15) is 0 Å². The van der Waals surface area contributed by atoms with Crippen molar-refractivity contribution in [1.29, 1.82) is 0 Å². The molecule has 8 heteroatoms. The van der Waals surface area contributed by atoms with Crippen LogP contribution in [0.15, 0.2) is 66.9 Å². The van der Waals surface area contributed by atoms with Crippen molar-refractivity contribution in [3.63, 3.8) is 0 Å². The van der Waals surface area contributed by atoms with Crippen LogP contribution in [0.5, 0.6) is 5.75 Å². The van der Waals surface area contributed by atoms with E-state index < -0.39 is 0 Å². The average molecular weight is 512 g/mol. The zero-order valence-corrected chi connectivity index (χ0v) is 21.5. The van der Waals surface area contributed by atoms with Crippen LogP contribution in [0, 0.1) is 12.7 Å². The molecule has 0 spiro atoms. The third-order valence-electron chi connectivity index (χ3n) is 7.46. The zero-order valence-electron chi connectivity index (χ0n) is 21.5. The lowest BCUT2D eigenvalue weighted by Crippen LogP contribution is -2.45. The summed E-state index contributed by atoms with van der Waals surface area (Å²) in [5.74, 6) is 0.485. The number of likely N-dealkylation sites (tertiary alicyclic amines) is 1. The van der Waals surface area contributed by atoms with E-state index in [1.807, 2.05) is 52.8 Å². The maximum Gasteiger partial charge on any atom is 0.254 e. The summed E-state index contributed by atoms with van der Waals surface area (Å²) in [6, 6.07) is 18.4. The number of rotatable bonds is 5. The summed E-state index contributed by atoms with van der Waals surface area (Å²) < 4.78 is 23.3. The van der Waals surface area contributed by atoms with Gasteiger partial charge < -0.3 is 24.3 Å². The number of nitrogens with zero attached hydrogens (tertiary/aromatic N) is 4. The number of halogens is 1. The third kappa shape index (κ3) is 4.31. The number of carbonyl (C=O) groups is 1. The molecule has 2 aromatic carbocycles. The lowest BCUT2D eigenvalue weighted by molar-refractivity contribution is 0.0709. The number of fused-ring (bicyclic) bond motifs is 2. The SMILES string of the molecule is COc1ccc2cc(-c3nc4cc(C(=O)N5CCCC(N)C5)ccn4c3C)n(Cc3ccc(F)cc3)c2c1. The van der Waals surface area contributed by atoms with Crippen molar-refractivity contribution in [2.24, 2.45) is 5.73 Å². The van der Waals surface area contributed by atoms with E-state index in [0.29, 0.717) is 24.3 Å². The number of piperidine rings is 1. The number of ether oxygens (including phenoxy) is 1. The summed E-state index contributed by atoms with van der Waals surface area (Å²) in [7, 11) is 1.65. The van der Waals surface area contributed by atoms with Gasteiger partial charge in [-0.3, -0.25) is 4.79 Å². The number of aromatic nitrogens is 3. The van der Waals surface area contributed by atoms with Crippen LogP contribution >= 0.6 is 0 Å². The molecule has 0 bridgehead atoms. The van der Waals surface area contributed by atoms with E-state index in [1.54, 1.807) is 19.2 Å². The Hall–Kier alpha value is -4.17. The van der Waals surface area contributed by atoms with Gasteiger partial charge >= 0.3 is 0 Å². The van der Waals surface area contributed by atoms with Gasteiger partial charge in [0.1, 0.15) is 22.9 Å². The molecule has 4 heterocycles. The Morgan fingerprint density at radius 1 is 1.13 bits per heavy atom. The number of amides is 1. The molecule has 194 valence electrons. The highest BCUT2D eigenvalue weighted by molar-refractivity contribution is 5.95. The molecule has 1 aliphatic heterocycles. The number of nitrogens with two attached hydrogens (primary N) is 1. The highest BCUT2D eigenvalue weighted by Crippen LogP contribution is 2.33. The molecule has 1 aliphatic rings. The zero-order chi connectivity index (χ0) is 26.4. The smallest absolute Gasteiger partial charge is 0.254 e. The second-order valence-electron chi connectivity index (χ2n) is 10.0. The Morgan fingerprint density at radius 3 is 2.71 bits per heavy atom. The van der Waals surface area contributed by atoms with Crippen molar-refractivity contribution in [1.82, 2.24) is 18.9 Å². The number of imidazole rings is 1. The summed E-state index contributed by atoms with van der Waals surface area (Å²) >= 11 is 0. The predicted octanol–water partition coefficient (Wildman–Crippen LogP) is 5.02. The van der Waals surface area contributed by atoms with Gasteiger partial charge in [-0.1, -0.05) is 12.1 Å². The van der Waals surface area contributed by atoms with E-state index in [9.17, 15) is 9.18 Å². The number of carbonyl (C=O) groups excluding carboxylic acids is 1. The van der Waals surface area contributed by atoms with Gasteiger partial charge in [0.05, 0.1) is 18.3 Å². The van der Waals surface area contributed by atoms with Crippen LogP contribution in [0.4, 0.5) is 4.39 Å². The van der Waals surface area contributed by atoms with Crippen LogP contribution in [0.2, 0.25) is 0 Å². The van der Waals surface area contributed by atoms with Gasteiger partial charge in [0.25, 0.3) is 5.91 Å². The lowest BCUT2D eigenvalue weighted by Gasteiger charge is -2.30. The van der Waals surface area contributed by atoms with Gasteiger partial charge in [0.2, 0.25) is 0 Å². The first kappa shape index (κ1) is 24.2. The summed E-state index contributed by atoms with van der Waals surface area (Å²) in [5.41, 5.74) is 12.1. The minimum absolute atomic E-state index is 0.0117. The first-order valence-electron chi connectivity index (χ1n) is 12.9. The lowest BCUT2D eigenvalue weighted by atomic mass is 10.1. The van der Waals surface area contributed by atoms with Crippen molar-refractivity contribution >= 4 is 22.5 Å². The molecular formula is C30H30FN5O2. The fraction of sp³-hybridized carbons (Fsp3) is 0.267. The Labute approximate surface area is 220 Å². The van der Waals surface area contributed by atoms with Gasteiger partial charge in [0.15, 0.2) is 0 Å². The first-order chi connectivity index (χ1) is 18.4. The summed E-state index contributed by atoms with van der Waals surface area (Å²) in [4.78, 5) is 20.0. The molecule has 0 aliphatic carbocycles. The van der Waals surface area contributed by atoms with Crippen LogP contribution in [-0.4, -0.2) is 51.0 Å². The molecule has 1 saturated heterocycles. The molecule has 0 saturated carbocycles. The summed E-state index contributed by atoms with van der Waals surface area (Å²) in [6.45, 7) is 3.87. The topological polar surface area (TPSA) is 77.8 Å². The number of methoxy groups -OCH3 is 1. The third-order valence-corrected chi connectivity index (χ3v) is 7.46. The number of aryl methyl sites for hydroxylation is 1. The van der Waals surface area contributed by atoms with Crippen molar-refractivity contribution in [2.45, 2.75) is 32.4 Å². The van der Waals surface area contributed by atoms with E-state index in [4.69, 9.17) is 15.5 Å². The van der Waals surface area contributed by atoms with Gasteiger partial charge in [-0.05, 0) is 67.8 Å². The van der Waals surface area contributed by atoms with Crippen LogP contribution in [0.1, 0.15) is 34.5 Å². The molecule has 3 aromatic heterocycles. The predicted molar refractivity (Wildman–Crippen MR) is 146 cm³/mol. The molecule has 1 amide bonds. The molecule has 38 heavy (non-hydrogen) atoms. The minimum atomic E-state index is -0.263. The fourth-order valence-electron chi connectivity index (χ4n) is 5.42. The second-order valence-corrected chi connectivity index (χ2v) is 10.0. The molecule has 2 N–H and O–H groups in total. The van der Waals surface area contributed by atoms with Crippen LogP contribution < -0.4 is 10.5 Å². The van der Waals surface area contributed by atoms with Crippen LogP contribution in [0.3, 0.4) is 0 Å². The van der Waals surface area contributed by atoms with E-state index >= 15 is 0 Å². The van der Waals surface area contributed by atoms with Crippen LogP contribution in [0.25, 0.3) is 27.9 Å². The Balaban J connectivity index is 1.44. The second kappa shape index (κ2) is 9.61. The van der Waals surface area contributed by atoms with Crippen molar-refractivity contribution in [3.8, 4) is 17.1 Å². The summed E-state index contributed by atoms with van der Waals surface area (Å²) in [5, 5.41) is 1.05. The Bertz CT molecular complexity index is 1650. The van der Waals surface area contributed by atoms with Gasteiger partial charge in [0, 0.05) is 54.6 Å². The highest BCUT2D eigenvalue weighted by Gasteiger charge is 2.24. The fourth-order valence-corrected chi connectivity index (χ4v) is 5.42. The maximum atomic E-state index is 13.6. The van der Waals surface area contributed by atoms with Gasteiger partial charge in [-0.15, -0.1) is 0 Å². The monoisotopic (exact) mass is 511 g/mol. The molecule has 0 radical (unpaired) electrons. The van der Waals surface area contributed by atoms with Crippen molar-refractivity contribution in [2.75, 3.05) is 20.2 Å². The number of hydrogen-bond donors (Lipinski definition) is 1. The van der Waals surface area contributed by atoms with E-state index in [-0.39, 0.29) is 17.8 Å². The average Bonchev–Trinajstić information content (AvgIpc) is 3.45. The van der Waals surface area contributed by atoms with Crippen molar-refractivity contribution < 1.29 is 13.9 Å². The Morgan fingerprint density at radius 2 is 1.95 bits per heavy atom. The quantitative estimate of drug-likeness (QED) is 0.359. The number of pyridine rings is 1. The van der Waals surface area contributed by atoms with E-state index in [1.165, 1.54) is 12.1 Å². The summed E-state index contributed by atoms with van der Waals surface area (Å²) in [6.07, 6.45) is 3.78. The standard InChI is InChI=1S/C30H30FN5O2/c1-19-29(33-28-15-22(11-13-35(19)28)30(37)34-12-3-4-24(32)18-34)27-14-21-7-10-25(38-2)16-26(21)36(27)17-20-5-8-23(31)9-6-20/h5-11,13-16,24H,3-4,12,17-18,32H2,1-2H3. The minimum Gasteiger partial charge on any atom is -0.497 e. The van der Waals surface area contributed by atoms with E-state index in [2.05, 4.69) is 10.6 Å². The Kier molecular flexibility index (Phi) is 6.12.